The van der Waals surface area contributed by atoms with Crippen molar-refractivity contribution in [2.45, 2.75) is 26.1 Å². The predicted molar refractivity (Wildman–Crippen MR) is 111 cm³/mol. The lowest BCUT2D eigenvalue weighted by Gasteiger charge is -2.23. The van der Waals surface area contributed by atoms with E-state index in [0.29, 0.717) is 0 Å². The maximum atomic E-state index is 12.7. The first-order chi connectivity index (χ1) is 12.8. The molecule has 2 nitrogen and oxygen atoms in total. The molecule has 148 valence electrons. The molecule has 2 aromatic carbocycles. The second-order valence-corrected chi connectivity index (χ2v) is 7.24. The third kappa shape index (κ3) is 3.82. The molecule has 28 heavy (non-hydrogen) atoms. The van der Waals surface area contributed by atoms with Gasteiger partial charge in [-0.1, -0.05) is 23.8 Å². The summed E-state index contributed by atoms with van der Waals surface area (Å²) in [6, 6.07) is 11.7. The Labute approximate surface area is 168 Å². The highest BCUT2D eigenvalue weighted by molar-refractivity contribution is 5.89. The molecule has 1 aliphatic heterocycles. The SMILES string of the molecule is Cc1ccc2c(c1)c1c(n2/C=C/c2ccc(C(F)(F)F)cc2)CCN(C)C1.Cl. The van der Waals surface area contributed by atoms with E-state index in [1.54, 1.807) is 0 Å². The van der Waals surface area contributed by atoms with Gasteiger partial charge in [-0.15, -0.1) is 12.4 Å². The minimum absolute atomic E-state index is 0. The van der Waals surface area contributed by atoms with E-state index in [9.17, 15) is 13.2 Å². The molecule has 2 heterocycles. The molecule has 0 radical (unpaired) electrons. The zero-order valence-corrected chi connectivity index (χ0v) is 16.6. The number of aromatic nitrogens is 1. The molecule has 0 aliphatic carbocycles. The molecule has 4 rings (SSSR count). The van der Waals surface area contributed by atoms with Gasteiger partial charge in [0.15, 0.2) is 0 Å². The van der Waals surface area contributed by atoms with Crippen LogP contribution in [0.4, 0.5) is 13.2 Å². The third-order valence-corrected chi connectivity index (χ3v) is 5.19. The number of aryl methyl sites for hydroxylation is 1. The molecule has 0 N–H and O–H groups in total. The van der Waals surface area contributed by atoms with E-state index in [0.717, 1.165) is 42.7 Å². The molecule has 0 saturated heterocycles. The highest BCUT2D eigenvalue weighted by Crippen LogP contribution is 2.32. The second-order valence-electron chi connectivity index (χ2n) is 7.24. The third-order valence-electron chi connectivity index (χ3n) is 5.19. The van der Waals surface area contributed by atoms with Gasteiger partial charge >= 0.3 is 6.18 Å². The fourth-order valence-electron chi connectivity index (χ4n) is 3.76. The maximum absolute atomic E-state index is 12.7. The molecule has 0 unspecified atom stereocenters. The number of fused-ring (bicyclic) bond motifs is 3. The standard InChI is InChI=1S/C22H21F3N2.ClH/c1-15-3-8-20-18(13-15)19-14-26(2)11-10-21(19)27(20)12-9-16-4-6-17(7-5-16)22(23,24)25;/h3-9,12-13H,10-11,14H2,1-2H3;1H/b12-9+;. The van der Waals surface area contributed by atoms with Crippen LogP contribution < -0.4 is 0 Å². The van der Waals surface area contributed by atoms with Crippen LogP contribution in [-0.4, -0.2) is 23.1 Å². The molecule has 6 heteroatoms. The molecule has 1 aliphatic rings. The van der Waals surface area contributed by atoms with Gasteiger partial charge in [0.2, 0.25) is 0 Å². The van der Waals surface area contributed by atoms with Crippen LogP contribution >= 0.6 is 12.4 Å². The van der Waals surface area contributed by atoms with Gasteiger partial charge in [0.25, 0.3) is 0 Å². The fraction of sp³-hybridized carbons (Fsp3) is 0.273. The number of hydrogen-bond donors (Lipinski definition) is 0. The van der Waals surface area contributed by atoms with Crippen LogP contribution in [0.15, 0.2) is 42.5 Å². The smallest absolute Gasteiger partial charge is 0.320 e. The number of rotatable bonds is 2. The average molecular weight is 407 g/mol. The summed E-state index contributed by atoms with van der Waals surface area (Å²) in [6.07, 6.45) is 0.501. The first-order valence-electron chi connectivity index (χ1n) is 8.99. The minimum atomic E-state index is -4.30. The highest BCUT2D eigenvalue weighted by atomic mass is 35.5. The van der Waals surface area contributed by atoms with Crippen LogP contribution in [0.3, 0.4) is 0 Å². The monoisotopic (exact) mass is 406 g/mol. The van der Waals surface area contributed by atoms with Gasteiger partial charge in [-0.2, -0.15) is 13.2 Å². The summed E-state index contributed by atoms with van der Waals surface area (Å²) in [7, 11) is 2.12. The summed E-state index contributed by atoms with van der Waals surface area (Å²) >= 11 is 0. The Balaban J connectivity index is 0.00000225. The molecular formula is C22H22ClF3N2. The molecule has 0 fully saturated rings. The minimum Gasteiger partial charge on any atom is -0.320 e. The van der Waals surface area contributed by atoms with Crippen molar-refractivity contribution in [2.24, 2.45) is 0 Å². The number of benzene rings is 2. The van der Waals surface area contributed by atoms with Gasteiger partial charge in [-0.05, 0) is 55.4 Å². The summed E-state index contributed by atoms with van der Waals surface area (Å²) in [5, 5.41) is 1.26. The zero-order chi connectivity index (χ0) is 19.2. The van der Waals surface area contributed by atoms with Gasteiger partial charge in [0, 0.05) is 36.8 Å². The van der Waals surface area contributed by atoms with Crippen molar-refractivity contribution in [1.29, 1.82) is 0 Å². The van der Waals surface area contributed by atoms with Crippen molar-refractivity contribution < 1.29 is 13.2 Å². The van der Waals surface area contributed by atoms with Gasteiger partial charge in [-0.25, -0.2) is 0 Å². The van der Waals surface area contributed by atoms with Crippen molar-refractivity contribution in [3.05, 3.63) is 70.4 Å². The zero-order valence-electron chi connectivity index (χ0n) is 15.8. The summed E-state index contributed by atoms with van der Waals surface area (Å²) in [4.78, 5) is 2.31. The van der Waals surface area contributed by atoms with Crippen LogP contribution in [0.2, 0.25) is 0 Å². The maximum Gasteiger partial charge on any atom is 0.416 e. The predicted octanol–water partition coefficient (Wildman–Crippen LogP) is 6.01. The van der Waals surface area contributed by atoms with Crippen LogP contribution in [0.5, 0.6) is 0 Å². The van der Waals surface area contributed by atoms with Crippen LogP contribution in [0, 0.1) is 6.92 Å². The van der Waals surface area contributed by atoms with E-state index in [1.807, 2.05) is 12.3 Å². The summed E-state index contributed by atoms with van der Waals surface area (Å²) < 4.78 is 40.4. The van der Waals surface area contributed by atoms with Crippen molar-refractivity contribution in [3.63, 3.8) is 0 Å². The van der Waals surface area contributed by atoms with Gasteiger partial charge in [0.05, 0.1) is 11.1 Å². The topological polar surface area (TPSA) is 8.17 Å². The van der Waals surface area contributed by atoms with E-state index >= 15 is 0 Å². The van der Waals surface area contributed by atoms with E-state index in [1.165, 1.54) is 34.3 Å². The second kappa shape index (κ2) is 7.64. The molecule has 0 spiro atoms. The lowest BCUT2D eigenvalue weighted by Crippen LogP contribution is -2.26. The Hall–Kier alpha value is -2.24. The van der Waals surface area contributed by atoms with Crippen molar-refractivity contribution >= 4 is 35.6 Å². The first-order valence-corrected chi connectivity index (χ1v) is 8.99. The van der Waals surface area contributed by atoms with E-state index in [2.05, 4.69) is 41.6 Å². The number of alkyl halides is 3. The van der Waals surface area contributed by atoms with Crippen molar-refractivity contribution in [2.75, 3.05) is 13.6 Å². The quantitative estimate of drug-likeness (QED) is 0.506. The van der Waals surface area contributed by atoms with Crippen LogP contribution in [0.1, 0.15) is 27.9 Å². The molecule has 0 bridgehead atoms. The summed E-state index contributed by atoms with van der Waals surface area (Å²) in [6.45, 7) is 4.00. The largest absolute Gasteiger partial charge is 0.416 e. The highest BCUT2D eigenvalue weighted by Gasteiger charge is 2.29. The fourth-order valence-corrected chi connectivity index (χ4v) is 3.76. The molecule has 0 saturated carbocycles. The van der Waals surface area contributed by atoms with E-state index < -0.39 is 11.7 Å². The number of hydrogen-bond acceptors (Lipinski definition) is 1. The van der Waals surface area contributed by atoms with Crippen molar-refractivity contribution in [3.8, 4) is 0 Å². The molecule has 0 atom stereocenters. The first kappa shape index (κ1) is 20.5. The average Bonchev–Trinajstić information content (AvgIpc) is 2.92. The normalized spacial score (nSPS) is 15.0. The number of halogens is 4. The number of likely N-dealkylation sites (N-methyl/N-ethyl adjacent to an activating group) is 1. The summed E-state index contributed by atoms with van der Waals surface area (Å²) in [5.41, 5.74) is 5.13. The van der Waals surface area contributed by atoms with E-state index in [4.69, 9.17) is 0 Å². The molecule has 3 aromatic rings. The lowest BCUT2D eigenvalue weighted by molar-refractivity contribution is -0.137. The Morgan fingerprint density at radius 3 is 2.43 bits per heavy atom. The Bertz CT molecular complexity index is 1020. The van der Waals surface area contributed by atoms with Gasteiger partial charge in [0.1, 0.15) is 0 Å². The summed E-state index contributed by atoms with van der Waals surface area (Å²) in [5.74, 6) is 0. The Kier molecular flexibility index (Phi) is 5.60. The lowest BCUT2D eigenvalue weighted by atomic mass is 10.0. The molecular weight excluding hydrogens is 385 g/mol. The number of nitrogens with zero attached hydrogens (tertiary/aromatic N) is 2. The Morgan fingerprint density at radius 1 is 1.04 bits per heavy atom. The van der Waals surface area contributed by atoms with Crippen molar-refractivity contribution in [1.82, 2.24) is 9.47 Å². The van der Waals surface area contributed by atoms with Crippen LogP contribution in [-0.2, 0) is 19.1 Å². The van der Waals surface area contributed by atoms with Gasteiger partial charge < -0.3 is 9.47 Å². The molecule has 1 aromatic heterocycles. The molecule has 0 amide bonds. The van der Waals surface area contributed by atoms with Gasteiger partial charge in [-0.3, -0.25) is 0 Å². The van der Waals surface area contributed by atoms with E-state index in [-0.39, 0.29) is 12.4 Å². The van der Waals surface area contributed by atoms with Crippen LogP contribution in [0.25, 0.3) is 23.2 Å². The Morgan fingerprint density at radius 2 is 1.75 bits per heavy atom.